The highest BCUT2D eigenvalue weighted by Crippen LogP contribution is 2.35. The first-order valence-corrected chi connectivity index (χ1v) is 14.0. The van der Waals surface area contributed by atoms with Gasteiger partial charge in [-0.3, -0.25) is 0 Å². The molecule has 0 radical (unpaired) electrons. The number of nitrogens with zero attached hydrogens (tertiary/aromatic N) is 7. The van der Waals surface area contributed by atoms with E-state index < -0.39 is 11.7 Å². The summed E-state index contributed by atoms with van der Waals surface area (Å²) in [5, 5.41) is 0. The lowest BCUT2D eigenvalue weighted by atomic mass is 10.1. The normalized spacial score (nSPS) is 18.7. The molecule has 0 N–H and O–H groups in total. The van der Waals surface area contributed by atoms with Crippen molar-refractivity contribution >= 4 is 29.5 Å². The molecule has 0 bridgehead atoms. The largest absolute Gasteiger partial charge is 0.419 e. The van der Waals surface area contributed by atoms with Gasteiger partial charge in [0.25, 0.3) is 0 Å². The van der Waals surface area contributed by atoms with Crippen molar-refractivity contribution in [3.05, 3.63) is 52.9 Å². The standard InChI is InChI=1S/C26H34F3N7OS/c1-19(7-4-8-20(2)38-3)22-31-24(35-11-6-17-37-18-16-35)33-25(32-22)36-14-12-34(13-15-36)23-21(26(27,28)29)9-5-10-30-23/h4-5,7-10,19H,6,11-18H2,1-3H3/b7-4-,20-8+. The number of ether oxygens (including phenoxy) is 1. The molecule has 0 amide bonds. The first kappa shape index (κ1) is 28.2. The number of pyridine rings is 1. The highest BCUT2D eigenvalue weighted by atomic mass is 32.2. The van der Waals surface area contributed by atoms with Crippen LogP contribution in [0.2, 0.25) is 0 Å². The number of halogens is 3. The first-order valence-electron chi connectivity index (χ1n) is 12.8. The van der Waals surface area contributed by atoms with Crippen LogP contribution in [0.5, 0.6) is 0 Å². The van der Waals surface area contributed by atoms with Crippen LogP contribution in [0, 0.1) is 0 Å². The number of hydrogen-bond acceptors (Lipinski definition) is 9. The van der Waals surface area contributed by atoms with E-state index in [0.717, 1.165) is 19.0 Å². The van der Waals surface area contributed by atoms with Gasteiger partial charge in [-0.1, -0.05) is 25.2 Å². The number of allylic oxidation sites excluding steroid dienone is 4. The van der Waals surface area contributed by atoms with E-state index in [1.807, 2.05) is 24.2 Å². The summed E-state index contributed by atoms with van der Waals surface area (Å²) in [6, 6.07) is 2.40. The van der Waals surface area contributed by atoms with E-state index >= 15 is 0 Å². The Balaban J connectivity index is 1.57. The molecule has 12 heteroatoms. The van der Waals surface area contributed by atoms with E-state index in [-0.39, 0.29) is 11.7 Å². The third kappa shape index (κ3) is 7.16. The monoisotopic (exact) mass is 549 g/mol. The third-order valence-electron chi connectivity index (χ3n) is 6.55. The fraction of sp³-hybridized carbons (Fsp3) is 0.538. The van der Waals surface area contributed by atoms with Gasteiger partial charge in [0, 0.05) is 58.0 Å². The molecule has 2 saturated heterocycles. The van der Waals surface area contributed by atoms with Gasteiger partial charge >= 0.3 is 6.18 Å². The summed E-state index contributed by atoms with van der Waals surface area (Å²) < 4.78 is 46.2. The van der Waals surface area contributed by atoms with Gasteiger partial charge in [-0.15, -0.1) is 11.8 Å². The predicted molar refractivity (Wildman–Crippen MR) is 146 cm³/mol. The van der Waals surface area contributed by atoms with E-state index in [1.54, 1.807) is 16.7 Å². The van der Waals surface area contributed by atoms with Gasteiger partial charge in [0.05, 0.1) is 12.2 Å². The Labute approximate surface area is 226 Å². The summed E-state index contributed by atoms with van der Waals surface area (Å²) in [6.45, 7) is 8.59. The van der Waals surface area contributed by atoms with Gasteiger partial charge in [-0.05, 0) is 36.6 Å². The molecule has 1 atom stereocenters. The third-order valence-corrected chi connectivity index (χ3v) is 7.33. The molecule has 0 aliphatic carbocycles. The summed E-state index contributed by atoms with van der Waals surface area (Å²) in [5.41, 5.74) is -0.715. The van der Waals surface area contributed by atoms with E-state index in [4.69, 9.17) is 19.7 Å². The highest BCUT2D eigenvalue weighted by Gasteiger charge is 2.36. The Morgan fingerprint density at radius 2 is 1.68 bits per heavy atom. The number of rotatable bonds is 7. The number of alkyl halides is 3. The van der Waals surface area contributed by atoms with Crippen LogP contribution >= 0.6 is 11.8 Å². The van der Waals surface area contributed by atoms with Crippen molar-refractivity contribution in [3.63, 3.8) is 0 Å². The minimum atomic E-state index is -4.46. The molecule has 206 valence electrons. The number of piperazine rings is 1. The van der Waals surface area contributed by atoms with Gasteiger partial charge < -0.3 is 19.4 Å². The predicted octanol–water partition coefficient (Wildman–Crippen LogP) is 4.77. The molecule has 4 rings (SSSR count). The van der Waals surface area contributed by atoms with E-state index in [9.17, 15) is 13.2 Å². The second-order valence-corrected chi connectivity index (χ2v) is 10.3. The lowest BCUT2D eigenvalue weighted by Gasteiger charge is -2.36. The Morgan fingerprint density at radius 3 is 2.37 bits per heavy atom. The zero-order chi connectivity index (χ0) is 27.1. The minimum Gasteiger partial charge on any atom is -0.380 e. The van der Waals surface area contributed by atoms with Crippen molar-refractivity contribution < 1.29 is 17.9 Å². The van der Waals surface area contributed by atoms with Crippen LogP contribution in [0.1, 0.15) is 37.6 Å². The summed E-state index contributed by atoms with van der Waals surface area (Å²) >= 11 is 1.69. The quantitative estimate of drug-likeness (QED) is 0.455. The van der Waals surface area contributed by atoms with Crippen LogP contribution in [0.25, 0.3) is 0 Å². The number of thioether (sulfide) groups is 1. The zero-order valence-electron chi connectivity index (χ0n) is 22.0. The maximum Gasteiger partial charge on any atom is 0.419 e. The number of aromatic nitrogens is 4. The van der Waals surface area contributed by atoms with Crippen LogP contribution in [-0.4, -0.2) is 78.7 Å². The van der Waals surface area contributed by atoms with Crippen molar-refractivity contribution in [3.8, 4) is 0 Å². The van der Waals surface area contributed by atoms with E-state index in [1.165, 1.54) is 17.2 Å². The maximum atomic E-state index is 13.5. The fourth-order valence-corrected chi connectivity index (χ4v) is 4.52. The molecular formula is C26H34F3N7OS. The molecule has 0 spiro atoms. The molecule has 1 unspecified atom stereocenters. The summed E-state index contributed by atoms with van der Waals surface area (Å²) in [7, 11) is 0. The van der Waals surface area contributed by atoms with Gasteiger partial charge in [0.2, 0.25) is 11.9 Å². The average molecular weight is 550 g/mol. The molecule has 2 aliphatic heterocycles. The first-order chi connectivity index (χ1) is 18.3. The minimum absolute atomic E-state index is 0.0337. The summed E-state index contributed by atoms with van der Waals surface area (Å²) in [4.78, 5) is 25.5. The van der Waals surface area contributed by atoms with Gasteiger partial charge in [0.15, 0.2) is 0 Å². The maximum absolute atomic E-state index is 13.5. The molecule has 2 fully saturated rings. The van der Waals surface area contributed by atoms with Crippen molar-refractivity contribution in [1.82, 2.24) is 19.9 Å². The second-order valence-electron chi connectivity index (χ2n) is 9.25. The molecule has 0 aromatic carbocycles. The second kappa shape index (κ2) is 12.8. The van der Waals surface area contributed by atoms with E-state index in [2.05, 4.69) is 29.0 Å². The van der Waals surface area contributed by atoms with Crippen molar-refractivity contribution in [2.24, 2.45) is 0 Å². The molecule has 2 aliphatic rings. The highest BCUT2D eigenvalue weighted by molar-refractivity contribution is 8.02. The SMILES string of the molecule is CS/C(C)=C/C=C\C(C)c1nc(N2CCCOCC2)nc(N2CCN(c3ncccc3C(F)(F)F)CC2)n1. The van der Waals surface area contributed by atoms with Gasteiger partial charge in [-0.2, -0.15) is 28.1 Å². The fourth-order valence-electron chi connectivity index (χ4n) is 4.30. The van der Waals surface area contributed by atoms with Crippen LogP contribution in [0.3, 0.4) is 0 Å². The van der Waals surface area contributed by atoms with Gasteiger partial charge in [-0.25, -0.2) is 4.98 Å². The van der Waals surface area contributed by atoms with Crippen LogP contribution < -0.4 is 14.7 Å². The van der Waals surface area contributed by atoms with Gasteiger partial charge in [0.1, 0.15) is 11.6 Å². The smallest absolute Gasteiger partial charge is 0.380 e. The molecule has 8 nitrogen and oxygen atoms in total. The van der Waals surface area contributed by atoms with Crippen molar-refractivity contribution in [2.75, 3.05) is 73.4 Å². The van der Waals surface area contributed by atoms with Crippen LogP contribution in [0.4, 0.5) is 30.9 Å². The summed E-state index contributed by atoms with van der Waals surface area (Å²) in [5.74, 6) is 1.73. The van der Waals surface area contributed by atoms with Crippen LogP contribution in [0.15, 0.2) is 41.5 Å². The average Bonchev–Trinajstić information content (AvgIpc) is 3.22. The number of hydrogen-bond donors (Lipinski definition) is 0. The van der Waals surface area contributed by atoms with Crippen molar-refractivity contribution in [2.45, 2.75) is 32.4 Å². The molecular weight excluding hydrogens is 515 g/mol. The Bertz CT molecular complexity index is 1130. The Morgan fingerprint density at radius 1 is 1.00 bits per heavy atom. The molecule has 38 heavy (non-hydrogen) atoms. The lowest BCUT2D eigenvalue weighted by Crippen LogP contribution is -2.48. The summed E-state index contributed by atoms with van der Waals surface area (Å²) in [6.07, 6.45) is 6.00. The molecule has 2 aromatic heterocycles. The van der Waals surface area contributed by atoms with E-state index in [0.29, 0.717) is 63.7 Å². The molecule has 0 saturated carbocycles. The topological polar surface area (TPSA) is 70.5 Å². The molecule has 2 aromatic rings. The Hall–Kier alpha value is -2.86. The van der Waals surface area contributed by atoms with Crippen LogP contribution in [-0.2, 0) is 10.9 Å². The molecule has 4 heterocycles. The Kier molecular flexibility index (Phi) is 9.48. The van der Waals surface area contributed by atoms with Crippen molar-refractivity contribution in [1.29, 1.82) is 0 Å². The zero-order valence-corrected chi connectivity index (χ0v) is 22.8. The number of anilines is 3. The lowest BCUT2D eigenvalue weighted by molar-refractivity contribution is -0.137.